The molecule has 4 aliphatic carbocycles. The molecule has 7 unspecified atom stereocenters. The normalized spacial score (nSPS) is 62.5. The first-order chi connectivity index (χ1) is 14.3. The Kier molecular flexibility index (Phi) is 4.55. The summed E-state index contributed by atoms with van der Waals surface area (Å²) in [5.74, 6) is 3.08. The molecule has 1 spiro atoms. The Hall–Kier alpha value is -0.160. The maximum absolute atomic E-state index is 12.2. The molecule has 30 heavy (non-hydrogen) atoms. The predicted molar refractivity (Wildman–Crippen MR) is 115 cm³/mol. The van der Waals surface area contributed by atoms with E-state index in [0.29, 0.717) is 35.0 Å². The number of hydrogen-bond donors (Lipinski definition) is 2. The molecule has 6 aliphatic rings. The quantitative estimate of drug-likeness (QED) is 0.607. The second-order valence-corrected chi connectivity index (χ2v) is 12.6. The van der Waals surface area contributed by atoms with Crippen molar-refractivity contribution in [3.8, 4) is 0 Å². The van der Waals surface area contributed by atoms with Gasteiger partial charge in [-0.3, -0.25) is 0 Å². The number of aliphatic hydroxyl groups excluding tert-OH is 1. The summed E-state index contributed by atoms with van der Waals surface area (Å²) in [7, 11) is 0. The van der Waals surface area contributed by atoms with Crippen LogP contribution in [0.3, 0.4) is 0 Å². The van der Waals surface area contributed by atoms with E-state index in [1.54, 1.807) is 0 Å². The van der Waals surface area contributed by atoms with Gasteiger partial charge in [-0.25, -0.2) is 0 Å². The van der Waals surface area contributed by atoms with E-state index in [-0.39, 0.29) is 24.0 Å². The van der Waals surface area contributed by atoms with Crippen LogP contribution in [0.5, 0.6) is 0 Å². The van der Waals surface area contributed by atoms with Crippen molar-refractivity contribution in [2.24, 2.45) is 46.8 Å². The van der Waals surface area contributed by atoms with E-state index < -0.39 is 11.4 Å². The number of hydrogen-bond acceptors (Lipinski definition) is 4. The minimum Gasteiger partial charge on any atom is -0.393 e. The van der Waals surface area contributed by atoms with Crippen molar-refractivity contribution in [3.05, 3.63) is 0 Å². The average Bonchev–Trinajstić information content (AvgIpc) is 3.16. The Labute approximate surface area is 182 Å². The van der Waals surface area contributed by atoms with Crippen LogP contribution in [0.15, 0.2) is 0 Å². The fourth-order valence-corrected chi connectivity index (χ4v) is 9.75. The van der Waals surface area contributed by atoms with Crippen molar-refractivity contribution in [2.45, 2.75) is 109 Å². The van der Waals surface area contributed by atoms with Gasteiger partial charge in [-0.15, -0.1) is 0 Å². The fourth-order valence-electron chi connectivity index (χ4n) is 9.75. The standard InChI is InChI=1S/C26H42O4/c1-15-6-11-26(29-14-15)16(2)23-22(30-26)13-21-19-5-4-17-12-18(27)7-9-24(17,3)20(19)8-10-25(21,23)28/h15-23,27-28H,4-14H2,1-3H3/t15?,16?,17-,18-,19?,20?,21?,22-,23?,24-,25+,26?/m0/s1. The molecule has 4 saturated carbocycles. The highest BCUT2D eigenvalue weighted by molar-refractivity contribution is 5.17. The molecule has 12 atom stereocenters. The van der Waals surface area contributed by atoms with Crippen LogP contribution in [0.1, 0.15) is 85.0 Å². The summed E-state index contributed by atoms with van der Waals surface area (Å²) in [6.45, 7) is 7.88. The van der Waals surface area contributed by atoms with Crippen molar-refractivity contribution < 1.29 is 19.7 Å². The molecule has 4 heteroatoms. The Morgan fingerprint density at radius 2 is 1.73 bits per heavy atom. The predicted octanol–water partition coefficient (Wildman–Crippen LogP) is 4.52. The van der Waals surface area contributed by atoms with Crippen LogP contribution >= 0.6 is 0 Å². The Balaban J connectivity index is 1.26. The van der Waals surface area contributed by atoms with Crippen LogP contribution in [-0.4, -0.2) is 40.4 Å². The van der Waals surface area contributed by atoms with Crippen molar-refractivity contribution in [1.29, 1.82) is 0 Å². The van der Waals surface area contributed by atoms with Crippen molar-refractivity contribution >= 4 is 0 Å². The van der Waals surface area contributed by atoms with Crippen LogP contribution in [0, 0.1) is 46.8 Å². The second-order valence-electron chi connectivity index (χ2n) is 12.6. The number of aliphatic hydroxyl groups is 2. The van der Waals surface area contributed by atoms with Gasteiger partial charge in [0.25, 0.3) is 0 Å². The average molecular weight is 419 g/mol. The molecule has 0 radical (unpaired) electrons. The molecular weight excluding hydrogens is 376 g/mol. The molecule has 2 heterocycles. The zero-order valence-corrected chi connectivity index (χ0v) is 19.2. The topological polar surface area (TPSA) is 58.9 Å². The summed E-state index contributed by atoms with van der Waals surface area (Å²) < 4.78 is 13.1. The van der Waals surface area contributed by atoms with E-state index >= 15 is 0 Å². The van der Waals surface area contributed by atoms with Crippen LogP contribution in [0.2, 0.25) is 0 Å². The van der Waals surface area contributed by atoms with Gasteiger partial charge in [-0.05, 0) is 92.8 Å². The largest absolute Gasteiger partial charge is 0.393 e. The molecule has 0 aromatic heterocycles. The molecule has 6 fully saturated rings. The van der Waals surface area contributed by atoms with Gasteiger partial charge in [0, 0.05) is 18.3 Å². The van der Waals surface area contributed by atoms with E-state index in [1.165, 1.54) is 25.7 Å². The van der Waals surface area contributed by atoms with Crippen molar-refractivity contribution in [2.75, 3.05) is 6.61 Å². The first-order valence-electron chi connectivity index (χ1n) is 13.0. The van der Waals surface area contributed by atoms with E-state index in [9.17, 15) is 10.2 Å². The highest BCUT2D eigenvalue weighted by atomic mass is 16.7. The molecule has 4 nitrogen and oxygen atoms in total. The SMILES string of the molecule is CC1CCC2(OC1)O[C@H]1CC3C4CC[C@H]5C[C@@H](O)CC[C@]5(C)C4CC[C@]3(O)C1C2C. The summed E-state index contributed by atoms with van der Waals surface area (Å²) in [4.78, 5) is 0. The molecule has 0 aromatic rings. The molecular formula is C26H42O4. The maximum Gasteiger partial charge on any atom is 0.171 e. The van der Waals surface area contributed by atoms with Gasteiger partial charge >= 0.3 is 0 Å². The Morgan fingerprint density at radius 1 is 0.900 bits per heavy atom. The zero-order valence-electron chi connectivity index (χ0n) is 19.2. The number of rotatable bonds is 0. The first-order valence-corrected chi connectivity index (χ1v) is 13.0. The van der Waals surface area contributed by atoms with Crippen LogP contribution in [0.4, 0.5) is 0 Å². The summed E-state index contributed by atoms with van der Waals surface area (Å²) >= 11 is 0. The minimum absolute atomic E-state index is 0.0883. The van der Waals surface area contributed by atoms with Crippen LogP contribution in [0.25, 0.3) is 0 Å². The lowest BCUT2D eigenvalue weighted by atomic mass is 9.46. The highest BCUT2D eigenvalue weighted by Gasteiger charge is 2.70. The molecule has 2 aliphatic heterocycles. The summed E-state index contributed by atoms with van der Waals surface area (Å²) in [5.41, 5.74) is -0.212. The Morgan fingerprint density at radius 3 is 2.50 bits per heavy atom. The molecule has 0 amide bonds. The van der Waals surface area contributed by atoms with Gasteiger partial charge < -0.3 is 19.7 Å². The van der Waals surface area contributed by atoms with Crippen molar-refractivity contribution in [3.63, 3.8) is 0 Å². The number of ether oxygens (including phenoxy) is 2. The molecule has 0 aromatic carbocycles. The summed E-state index contributed by atoms with van der Waals surface area (Å²) in [5, 5.41) is 22.5. The summed E-state index contributed by atoms with van der Waals surface area (Å²) in [6.07, 6.45) is 10.9. The summed E-state index contributed by atoms with van der Waals surface area (Å²) in [6, 6.07) is 0. The monoisotopic (exact) mass is 418 g/mol. The molecule has 6 rings (SSSR count). The van der Waals surface area contributed by atoms with E-state index in [1.807, 2.05) is 0 Å². The van der Waals surface area contributed by atoms with Gasteiger partial charge in [0.1, 0.15) is 0 Å². The van der Waals surface area contributed by atoms with Crippen molar-refractivity contribution in [1.82, 2.24) is 0 Å². The zero-order chi connectivity index (χ0) is 20.9. The maximum atomic E-state index is 12.2. The van der Waals surface area contributed by atoms with Gasteiger partial charge in [0.2, 0.25) is 0 Å². The molecule has 0 bridgehead atoms. The van der Waals surface area contributed by atoms with E-state index in [2.05, 4.69) is 20.8 Å². The van der Waals surface area contributed by atoms with E-state index in [4.69, 9.17) is 9.47 Å². The molecule has 170 valence electrons. The third kappa shape index (κ3) is 2.60. The first kappa shape index (κ1) is 20.4. The Bertz CT molecular complexity index is 687. The third-order valence-corrected chi connectivity index (χ3v) is 11.4. The minimum atomic E-state index is -0.571. The smallest absolute Gasteiger partial charge is 0.171 e. The lowest BCUT2D eigenvalue weighted by Gasteiger charge is -2.60. The van der Waals surface area contributed by atoms with E-state index in [0.717, 1.165) is 45.1 Å². The fraction of sp³-hybridized carbons (Fsp3) is 1.00. The van der Waals surface area contributed by atoms with Gasteiger partial charge in [0.15, 0.2) is 5.79 Å². The highest BCUT2D eigenvalue weighted by Crippen LogP contribution is 2.68. The van der Waals surface area contributed by atoms with Gasteiger partial charge in [0.05, 0.1) is 24.4 Å². The van der Waals surface area contributed by atoms with Gasteiger partial charge in [-0.2, -0.15) is 0 Å². The van der Waals surface area contributed by atoms with Gasteiger partial charge in [-0.1, -0.05) is 20.8 Å². The van der Waals surface area contributed by atoms with Crippen LogP contribution in [-0.2, 0) is 9.47 Å². The lowest BCUT2D eigenvalue weighted by Crippen LogP contribution is -2.58. The lowest BCUT2D eigenvalue weighted by molar-refractivity contribution is -0.274. The molecule has 2 N–H and O–H groups in total. The molecule has 2 saturated heterocycles. The third-order valence-electron chi connectivity index (χ3n) is 11.4. The van der Waals surface area contributed by atoms with Crippen LogP contribution < -0.4 is 0 Å². The second kappa shape index (κ2) is 6.68. The number of fused-ring (bicyclic) bond motifs is 7.